The topological polar surface area (TPSA) is 64.3 Å². The van der Waals surface area contributed by atoms with E-state index in [0.717, 1.165) is 40.7 Å². The molecule has 1 N–H and O–H groups in total. The molecular formula is C21H21N5O. The zero-order valence-corrected chi connectivity index (χ0v) is 15.4. The summed E-state index contributed by atoms with van der Waals surface area (Å²) in [6.07, 6.45) is 1.65. The van der Waals surface area contributed by atoms with E-state index in [-0.39, 0.29) is 0 Å². The highest BCUT2D eigenvalue weighted by Gasteiger charge is 2.09. The molecule has 6 nitrogen and oxygen atoms in total. The zero-order valence-electron chi connectivity index (χ0n) is 15.4. The van der Waals surface area contributed by atoms with Crippen LogP contribution in [0.3, 0.4) is 0 Å². The van der Waals surface area contributed by atoms with Crippen molar-refractivity contribution in [2.45, 2.75) is 19.8 Å². The van der Waals surface area contributed by atoms with E-state index < -0.39 is 0 Å². The van der Waals surface area contributed by atoms with Crippen LogP contribution in [0.1, 0.15) is 23.9 Å². The van der Waals surface area contributed by atoms with E-state index in [0.29, 0.717) is 6.42 Å². The van der Waals surface area contributed by atoms with Gasteiger partial charge < -0.3 is 10.1 Å². The molecule has 2 heterocycles. The van der Waals surface area contributed by atoms with E-state index in [1.165, 1.54) is 5.56 Å². The van der Waals surface area contributed by atoms with E-state index in [9.17, 15) is 0 Å². The van der Waals surface area contributed by atoms with Gasteiger partial charge in [-0.1, -0.05) is 31.2 Å². The number of methoxy groups -OCH3 is 1. The molecule has 0 amide bonds. The maximum Gasteiger partial charge on any atom is 0.178 e. The lowest BCUT2D eigenvalue weighted by atomic mass is 10.1. The smallest absolute Gasteiger partial charge is 0.178 e. The molecule has 0 aliphatic carbocycles. The number of hydrogen-bond donors (Lipinski definition) is 1. The van der Waals surface area contributed by atoms with Gasteiger partial charge in [-0.2, -0.15) is 4.52 Å². The molecule has 0 radical (unpaired) electrons. The first kappa shape index (κ1) is 17.0. The summed E-state index contributed by atoms with van der Waals surface area (Å²) >= 11 is 0. The summed E-state index contributed by atoms with van der Waals surface area (Å²) in [4.78, 5) is 0. The number of hydrogen-bond acceptors (Lipinski definition) is 5. The van der Waals surface area contributed by atoms with E-state index in [1.54, 1.807) is 11.6 Å². The SMILES string of the molecule is CCc1cccc(Nc2ccc3nnc(Cc4ccc(OC)cc4)n3n2)c1. The Hall–Kier alpha value is -3.41. The number of anilines is 2. The fraction of sp³-hybridized carbons (Fsp3) is 0.190. The maximum atomic E-state index is 5.21. The van der Waals surface area contributed by atoms with Crippen LogP contribution in [0.25, 0.3) is 5.65 Å². The van der Waals surface area contributed by atoms with E-state index in [2.05, 4.69) is 39.7 Å². The number of aryl methyl sites for hydroxylation is 1. The van der Waals surface area contributed by atoms with Gasteiger partial charge in [-0.3, -0.25) is 0 Å². The molecule has 0 aliphatic rings. The molecule has 27 heavy (non-hydrogen) atoms. The van der Waals surface area contributed by atoms with E-state index in [1.807, 2.05) is 48.5 Å². The molecule has 2 aromatic carbocycles. The standard InChI is InChI=1S/C21H21N5O/c1-3-15-5-4-6-17(13-15)22-19-11-12-20-23-24-21(26(20)25-19)14-16-7-9-18(27-2)10-8-16/h4-13H,3,14H2,1-2H3,(H,22,25). The summed E-state index contributed by atoms with van der Waals surface area (Å²) < 4.78 is 7.00. The zero-order chi connectivity index (χ0) is 18.6. The Bertz CT molecular complexity index is 1060. The second-order valence-corrected chi connectivity index (χ2v) is 6.31. The molecule has 6 heteroatoms. The van der Waals surface area contributed by atoms with Crippen molar-refractivity contribution in [2.75, 3.05) is 12.4 Å². The van der Waals surface area contributed by atoms with Crippen LogP contribution in [-0.4, -0.2) is 26.9 Å². The van der Waals surface area contributed by atoms with Crippen molar-refractivity contribution in [3.63, 3.8) is 0 Å². The first-order valence-corrected chi connectivity index (χ1v) is 8.95. The number of benzene rings is 2. The third-order valence-corrected chi connectivity index (χ3v) is 4.46. The Labute approximate surface area is 157 Å². The molecule has 0 saturated heterocycles. The lowest BCUT2D eigenvalue weighted by molar-refractivity contribution is 0.414. The molecule has 4 rings (SSSR count). The van der Waals surface area contributed by atoms with Gasteiger partial charge in [0.15, 0.2) is 17.3 Å². The molecule has 4 aromatic rings. The third kappa shape index (κ3) is 3.74. The van der Waals surface area contributed by atoms with Crippen molar-refractivity contribution >= 4 is 17.2 Å². The van der Waals surface area contributed by atoms with Crippen molar-refractivity contribution in [3.05, 3.63) is 77.6 Å². The Kier molecular flexibility index (Phi) is 4.70. The second-order valence-electron chi connectivity index (χ2n) is 6.31. The number of aromatic nitrogens is 4. The van der Waals surface area contributed by atoms with Gasteiger partial charge in [0.25, 0.3) is 0 Å². The van der Waals surface area contributed by atoms with Gasteiger partial charge >= 0.3 is 0 Å². The van der Waals surface area contributed by atoms with Crippen LogP contribution in [0.2, 0.25) is 0 Å². The summed E-state index contributed by atoms with van der Waals surface area (Å²) in [5.41, 5.74) is 4.16. The minimum atomic E-state index is 0.646. The number of nitrogens with zero attached hydrogens (tertiary/aromatic N) is 4. The van der Waals surface area contributed by atoms with Crippen molar-refractivity contribution in [1.82, 2.24) is 19.8 Å². The lowest BCUT2D eigenvalue weighted by Crippen LogP contribution is -2.03. The van der Waals surface area contributed by atoms with Gasteiger partial charge in [-0.05, 0) is 53.9 Å². The van der Waals surface area contributed by atoms with Crippen LogP contribution in [-0.2, 0) is 12.8 Å². The van der Waals surface area contributed by atoms with Crippen LogP contribution in [0.15, 0.2) is 60.7 Å². The van der Waals surface area contributed by atoms with Crippen molar-refractivity contribution in [2.24, 2.45) is 0 Å². The van der Waals surface area contributed by atoms with Gasteiger partial charge in [0.05, 0.1) is 7.11 Å². The minimum absolute atomic E-state index is 0.646. The van der Waals surface area contributed by atoms with Crippen LogP contribution in [0.5, 0.6) is 5.75 Å². The molecule has 0 bridgehead atoms. The van der Waals surface area contributed by atoms with Crippen LogP contribution in [0, 0.1) is 0 Å². The summed E-state index contributed by atoms with van der Waals surface area (Å²) in [7, 11) is 1.66. The molecule has 0 unspecified atom stereocenters. The van der Waals surface area contributed by atoms with Crippen molar-refractivity contribution < 1.29 is 4.74 Å². The molecule has 0 aliphatic heterocycles. The van der Waals surface area contributed by atoms with E-state index in [4.69, 9.17) is 4.74 Å². The molecule has 0 atom stereocenters. The Morgan fingerprint density at radius 2 is 1.81 bits per heavy atom. The van der Waals surface area contributed by atoms with Gasteiger partial charge in [-0.25, -0.2) is 0 Å². The Balaban J connectivity index is 1.60. The van der Waals surface area contributed by atoms with E-state index >= 15 is 0 Å². The van der Waals surface area contributed by atoms with Crippen LogP contribution < -0.4 is 10.1 Å². The van der Waals surface area contributed by atoms with Gasteiger partial charge in [0.2, 0.25) is 0 Å². The molecule has 136 valence electrons. The lowest BCUT2D eigenvalue weighted by Gasteiger charge is -2.08. The maximum absolute atomic E-state index is 5.21. The monoisotopic (exact) mass is 359 g/mol. The number of rotatable bonds is 6. The fourth-order valence-corrected chi connectivity index (χ4v) is 2.95. The normalized spacial score (nSPS) is 10.9. The predicted octanol–water partition coefficient (Wildman–Crippen LogP) is 4.03. The number of ether oxygens (including phenoxy) is 1. The number of fused-ring (bicyclic) bond motifs is 1. The van der Waals surface area contributed by atoms with Crippen LogP contribution >= 0.6 is 0 Å². The second kappa shape index (κ2) is 7.45. The summed E-state index contributed by atoms with van der Waals surface area (Å²) in [6, 6.07) is 20.1. The first-order chi connectivity index (χ1) is 13.2. The molecular weight excluding hydrogens is 338 g/mol. The quantitative estimate of drug-likeness (QED) is 0.563. The predicted molar refractivity (Wildman–Crippen MR) is 106 cm³/mol. The first-order valence-electron chi connectivity index (χ1n) is 8.95. The summed E-state index contributed by atoms with van der Waals surface area (Å²) in [5.74, 6) is 2.39. The fourth-order valence-electron chi connectivity index (χ4n) is 2.95. The highest BCUT2D eigenvalue weighted by Crippen LogP contribution is 2.18. The summed E-state index contributed by atoms with van der Waals surface area (Å²) in [5, 5.41) is 16.6. The van der Waals surface area contributed by atoms with Gasteiger partial charge in [0.1, 0.15) is 5.75 Å². The molecule has 2 aromatic heterocycles. The molecule has 0 saturated carbocycles. The minimum Gasteiger partial charge on any atom is -0.497 e. The molecule has 0 spiro atoms. The number of nitrogens with one attached hydrogen (secondary N) is 1. The van der Waals surface area contributed by atoms with Gasteiger partial charge in [-0.15, -0.1) is 15.3 Å². The highest BCUT2D eigenvalue weighted by molar-refractivity contribution is 5.58. The Morgan fingerprint density at radius 3 is 2.59 bits per heavy atom. The van der Waals surface area contributed by atoms with Crippen molar-refractivity contribution in [3.8, 4) is 5.75 Å². The van der Waals surface area contributed by atoms with Crippen LogP contribution in [0.4, 0.5) is 11.5 Å². The van der Waals surface area contributed by atoms with Gasteiger partial charge in [0, 0.05) is 12.1 Å². The average Bonchev–Trinajstić information content (AvgIpc) is 3.11. The summed E-state index contributed by atoms with van der Waals surface area (Å²) in [6.45, 7) is 2.14. The highest BCUT2D eigenvalue weighted by atomic mass is 16.5. The molecule has 0 fully saturated rings. The third-order valence-electron chi connectivity index (χ3n) is 4.46. The van der Waals surface area contributed by atoms with Crippen molar-refractivity contribution in [1.29, 1.82) is 0 Å². The Morgan fingerprint density at radius 1 is 0.963 bits per heavy atom. The largest absolute Gasteiger partial charge is 0.497 e. The average molecular weight is 359 g/mol.